The van der Waals surface area contributed by atoms with E-state index in [4.69, 9.17) is 18.9 Å². The molecular formula is C24H31N3O5. The molecule has 1 N–H and O–H groups in total. The molecule has 2 fully saturated rings. The topological polar surface area (TPSA) is 72.5 Å². The van der Waals surface area contributed by atoms with Gasteiger partial charge >= 0.3 is 6.03 Å². The number of carbonyl (C=O) groups excluding carboxylic acids is 1. The summed E-state index contributed by atoms with van der Waals surface area (Å²) < 4.78 is 22.8. The van der Waals surface area contributed by atoms with Crippen LogP contribution in [0.5, 0.6) is 11.5 Å². The maximum Gasteiger partial charge on any atom is 0.322 e. The highest BCUT2D eigenvalue weighted by atomic mass is 16.7. The standard InChI is InChI=1S/C24H31N3O5/c1-29-21-9-7-19(8-10-21)16-26-11-4-13-31-24(17-26)18-27(12-14-32-24)23(28)25-20-5-3-6-22(15-20)30-2/h3,5-10,15H,4,11-14,16-18H2,1-2H3,(H,25,28). The van der Waals surface area contributed by atoms with Gasteiger partial charge in [0.15, 0.2) is 5.79 Å². The van der Waals surface area contributed by atoms with Gasteiger partial charge in [0.2, 0.25) is 0 Å². The minimum atomic E-state index is -0.826. The molecule has 8 heteroatoms. The lowest BCUT2D eigenvalue weighted by molar-refractivity contribution is -0.260. The third-order valence-electron chi connectivity index (χ3n) is 5.78. The van der Waals surface area contributed by atoms with Gasteiger partial charge in [0, 0.05) is 31.4 Å². The van der Waals surface area contributed by atoms with Crippen molar-refractivity contribution in [2.45, 2.75) is 18.8 Å². The first-order valence-electron chi connectivity index (χ1n) is 10.9. The van der Waals surface area contributed by atoms with Crippen molar-refractivity contribution in [2.75, 3.05) is 58.9 Å². The number of urea groups is 1. The zero-order chi connectivity index (χ0) is 22.4. The van der Waals surface area contributed by atoms with Crippen LogP contribution in [0.2, 0.25) is 0 Å². The maximum absolute atomic E-state index is 12.9. The van der Waals surface area contributed by atoms with Gasteiger partial charge in [0.05, 0.1) is 40.5 Å². The molecule has 0 saturated carbocycles. The van der Waals surface area contributed by atoms with E-state index in [1.165, 1.54) is 5.56 Å². The second-order valence-corrected chi connectivity index (χ2v) is 8.10. The Morgan fingerprint density at radius 1 is 1.00 bits per heavy atom. The lowest BCUT2D eigenvalue weighted by Crippen LogP contribution is -2.59. The normalized spacial score (nSPS) is 21.8. The third kappa shape index (κ3) is 5.51. The van der Waals surface area contributed by atoms with Gasteiger partial charge in [-0.1, -0.05) is 18.2 Å². The number of amides is 2. The van der Waals surface area contributed by atoms with Crippen LogP contribution in [0.1, 0.15) is 12.0 Å². The minimum absolute atomic E-state index is 0.171. The van der Waals surface area contributed by atoms with Gasteiger partial charge in [0.25, 0.3) is 0 Å². The number of methoxy groups -OCH3 is 2. The molecule has 2 aromatic carbocycles. The molecule has 2 aliphatic rings. The summed E-state index contributed by atoms with van der Waals surface area (Å²) in [6.45, 7) is 4.22. The highest BCUT2D eigenvalue weighted by Crippen LogP contribution is 2.26. The first-order chi connectivity index (χ1) is 15.6. The molecule has 2 heterocycles. The predicted octanol–water partition coefficient (Wildman–Crippen LogP) is 3.19. The fourth-order valence-electron chi connectivity index (χ4n) is 4.15. The van der Waals surface area contributed by atoms with Crippen LogP contribution >= 0.6 is 0 Å². The lowest BCUT2D eigenvalue weighted by Gasteiger charge is -2.43. The van der Waals surface area contributed by atoms with Gasteiger partial charge in [-0.25, -0.2) is 4.79 Å². The molecule has 1 spiro atoms. The summed E-state index contributed by atoms with van der Waals surface area (Å²) in [5.74, 6) is 0.715. The van der Waals surface area contributed by atoms with Crippen LogP contribution in [-0.2, 0) is 16.0 Å². The van der Waals surface area contributed by atoms with E-state index in [1.54, 1.807) is 25.2 Å². The van der Waals surface area contributed by atoms with Crippen molar-refractivity contribution in [3.05, 3.63) is 54.1 Å². The molecule has 4 rings (SSSR count). The van der Waals surface area contributed by atoms with Crippen molar-refractivity contribution in [1.82, 2.24) is 9.80 Å². The number of ether oxygens (including phenoxy) is 4. The van der Waals surface area contributed by atoms with Crippen LogP contribution < -0.4 is 14.8 Å². The van der Waals surface area contributed by atoms with Gasteiger partial charge < -0.3 is 29.2 Å². The quantitative estimate of drug-likeness (QED) is 0.768. The van der Waals surface area contributed by atoms with Crippen LogP contribution in [0.4, 0.5) is 10.5 Å². The highest BCUT2D eigenvalue weighted by Gasteiger charge is 2.42. The fourth-order valence-corrected chi connectivity index (χ4v) is 4.15. The lowest BCUT2D eigenvalue weighted by atomic mass is 10.1. The highest BCUT2D eigenvalue weighted by molar-refractivity contribution is 5.89. The molecule has 0 radical (unpaired) electrons. The average molecular weight is 442 g/mol. The summed E-state index contributed by atoms with van der Waals surface area (Å²) in [7, 11) is 3.27. The number of nitrogens with one attached hydrogen (secondary N) is 1. The molecule has 1 unspecified atom stereocenters. The van der Waals surface area contributed by atoms with E-state index >= 15 is 0 Å². The van der Waals surface area contributed by atoms with Gasteiger partial charge in [0.1, 0.15) is 11.5 Å². The van der Waals surface area contributed by atoms with E-state index in [2.05, 4.69) is 22.3 Å². The summed E-state index contributed by atoms with van der Waals surface area (Å²) in [5.41, 5.74) is 1.89. The molecule has 2 amide bonds. The van der Waals surface area contributed by atoms with Gasteiger partial charge in [-0.3, -0.25) is 4.90 Å². The van der Waals surface area contributed by atoms with E-state index in [-0.39, 0.29) is 6.03 Å². The molecule has 8 nitrogen and oxygen atoms in total. The molecule has 0 bridgehead atoms. The van der Waals surface area contributed by atoms with Crippen molar-refractivity contribution in [2.24, 2.45) is 0 Å². The van der Waals surface area contributed by atoms with Crippen LogP contribution in [0, 0.1) is 0 Å². The summed E-state index contributed by atoms with van der Waals surface area (Å²) in [6, 6.07) is 15.3. The predicted molar refractivity (Wildman–Crippen MR) is 121 cm³/mol. The largest absolute Gasteiger partial charge is 0.497 e. The Balaban J connectivity index is 1.41. The monoisotopic (exact) mass is 441 g/mol. The summed E-state index contributed by atoms with van der Waals surface area (Å²) in [4.78, 5) is 17.0. The average Bonchev–Trinajstić information content (AvgIpc) is 3.01. The molecule has 0 aliphatic carbocycles. The SMILES string of the molecule is COc1ccc(CN2CCCOC3(C2)CN(C(=O)Nc2cccc(OC)c2)CCO3)cc1. The summed E-state index contributed by atoms with van der Waals surface area (Å²) in [5, 5.41) is 2.96. The van der Waals surface area contributed by atoms with E-state index in [9.17, 15) is 4.79 Å². The minimum Gasteiger partial charge on any atom is -0.497 e. The molecule has 1 atom stereocenters. The molecule has 2 aromatic rings. The van der Waals surface area contributed by atoms with E-state index < -0.39 is 5.79 Å². The van der Waals surface area contributed by atoms with Gasteiger partial charge in [-0.05, 0) is 36.2 Å². The number of carbonyl (C=O) groups is 1. The van der Waals surface area contributed by atoms with E-state index in [1.807, 2.05) is 30.3 Å². The Hall–Kier alpha value is -2.81. The number of morpholine rings is 1. The first kappa shape index (κ1) is 22.4. The molecule has 2 aliphatic heterocycles. The Bertz CT molecular complexity index is 907. The zero-order valence-corrected chi connectivity index (χ0v) is 18.7. The van der Waals surface area contributed by atoms with Crippen LogP contribution in [-0.4, -0.2) is 75.2 Å². The Morgan fingerprint density at radius 2 is 1.78 bits per heavy atom. The molecule has 172 valence electrons. The molecule has 32 heavy (non-hydrogen) atoms. The van der Waals surface area contributed by atoms with Gasteiger partial charge in [-0.2, -0.15) is 0 Å². The zero-order valence-electron chi connectivity index (χ0n) is 18.7. The van der Waals surface area contributed by atoms with Crippen LogP contribution in [0.3, 0.4) is 0 Å². The Labute approximate surface area is 189 Å². The van der Waals surface area contributed by atoms with E-state index in [0.717, 1.165) is 25.3 Å². The number of anilines is 1. The molecule has 2 saturated heterocycles. The molecule has 0 aromatic heterocycles. The molecular weight excluding hydrogens is 410 g/mol. The Morgan fingerprint density at radius 3 is 2.56 bits per heavy atom. The third-order valence-corrected chi connectivity index (χ3v) is 5.78. The number of rotatable bonds is 5. The maximum atomic E-state index is 12.9. The van der Waals surface area contributed by atoms with Crippen LogP contribution in [0.15, 0.2) is 48.5 Å². The fraction of sp³-hybridized carbons (Fsp3) is 0.458. The van der Waals surface area contributed by atoms with Crippen LogP contribution in [0.25, 0.3) is 0 Å². The van der Waals surface area contributed by atoms with Crippen molar-refractivity contribution in [3.8, 4) is 11.5 Å². The first-order valence-corrected chi connectivity index (χ1v) is 10.9. The number of benzene rings is 2. The van der Waals surface area contributed by atoms with E-state index in [0.29, 0.717) is 44.3 Å². The van der Waals surface area contributed by atoms with Gasteiger partial charge in [-0.15, -0.1) is 0 Å². The smallest absolute Gasteiger partial charge is 0.322 e. The second kappa shape index (κ2) is 10.2. The summed E-state index contributed by atoms with van der Waals surface area (Å²) in [6.07, 6.45) is 0.914. The van der Waals surface area contributed by atoms with Crippen molar-refractivity contribution < 1.29 is 23.7 Å². The summed E-state index contributed by atoms with van der Waals surface area (Å²) >= 11 is 0. The number of hydrogen-bond donors (Lipinski definition) is 1. The van der Waals surface area contributed by atoms with Crippen molar-refractivity contribution in [3.63, 3.8) is 0 Å². The number of hydrogen-bond acceptors (Lipinski definition) is 6. The second-order valence-electron chi connectivity index (χ2n) is 8.10. The van der Waals surface area contributed by atoms with Crippen molar-refractivity contribution >= 4 is 11.7 Å². The number of nitrogens with zero attached hydrogens (tertiary/aromatic N) is 2. The Kier molecular flexibility index (Phi) is 7.14. The van der Waals surface area contributed by atoms with Crippen molar-refractivity contribution in [1.29, 1.82) is 0 Å².